The van der Waals surface area contributed by atoms with Crippen molar-refractivity contribution in [2.45, 2.75) is 31.6 Å². The minimum atomic E-state index is 0.421. The maximum Gasteiger partial charge on any atom is 0.225 e. The topological polar surface area (TPSA) is 52.0 Å². The summed E-state index contributed by atoms with van der Waals surface area (Å²) in [5.41, 5.74) is 9.37. The quantitative estimate of drug-likeness (QED) is 0.816. The van der Waals surface area contributed by atoms with Crippen molar-refractivity contribution in [2.75, 3.05) is 5.73 Å². The van der Waals surface area contributed by atoms with Gasteiger partial charge < -0.3 is 10.3 Å². The van der Waals surface area contributed by atoms with Crippen molar-refractivity contribution in [3.63, 3.8) is 0 Å². The number of fused-ring (bicyclic) bond motifs is 1. The maximum atomic E-state index is 5.83. The molecule has 0 saturated heterocycles. The molecule has 3 heteroatoms. The molecule has 0 amide bonds. The van der Waals surface area contributed by atoms with Crippen molar-refractivity contribution in [2.24, 2.45) is 0 Å². The highest BCUT2D eigenvalue weighted by Gasteiger charge is 2.30. The van der Waals surface area contributed by atoms with Crippen molar-refractivity contribution in [1.82, 2.24) is 5.16 Å². The van der Waals surface area contributed by atoms with Crippen LogP contribution in [0.2, 0.25) is 0 Å². The van der Waals surface area contributed by atoms with Gasteiger partial charge in [-0.05, 0) is 24.3 Å². The van der Waals surface area contributed by atoms with E-state index in [0.717, 1.165) is 24.1 Å². The molecule has 1 aliphatic carbocycles. The molecule has 2 N–H and O–H groups in total. The molecule has 2 unspecified atom stereocenters. The largest absolute Gasteiger partial charge is 0.367 e. The van der Waals surface area contributed by atoms with Gasteiger partial charge in [-0.3, -0.25) is 0 Å². The van der Waals surface area contributed by atoms with Crippen molar-refractivity contribution in [3.8, 4) is 0 Å². The Morgan fingerprint density at radius 1 is 1.29 bits per heavy atom. The number of rotatable bonds is 1. The zero-order valence-corrected chi connectivity index (χ0v) is 9.89. The van der Waals surface area contributed by atoms with Crippen LogP contribution >= 0.6 is 0 Å². The van der Waals surface area contributed by atoms with E-state index >= 15 is 0 Å². The molecule has 3 rings (SSSR count). The Kier molecular flexibility index (Phi) is 2.39. The zero-order chi connectivity index (χ0) is 11.8. The number of hydrogen-bond acceptors (Lipinski definition) is 3. The molecular weight excluding hydrogens is 212 g/mol. The summed E-state index contributed by atoms with van der Waals surface area (Å²) in [7, 11) is 0. The summed E-state index contributed by atoms with van der Waals surface area (Å²) in [6.07, 6.45) is 2.06. The normalized spacial score (nSPS) is 23.4. The van der Waals surface area contributed by atoms with E-state index in [2.05, 4.69) is 42.4 Å². The van der Waals surface area contributed by atoms with E-state index in [9.17, 15) is 0 Å². The van der Waals surface area contributed by atoms with E-state index in [4.69, 9.17) is 10.3 Å². The second kappa shape index (κ2) is 3.91. The van der Waals surface area contributed by atoms with Gasteiger partial charge in [-0.15, -0.1) is 0 Å². The Labute approximate surface area is 101 Å². The molecule has 1 aliphatic rings. The highest BCUT2D eigenvalue weighted by atomic mass is 16.5. The van der Waals surface area contributed by atoms with Crippen molar-refractivity contribution >= 4 is 5.88 Å². The van der Waals surface area contributed by atoms with Gasteiger partial charge in [0, 0.05) is 11.5 Å². The fraction of sp³-hybridized carbons (Fsp3) is 0.357. The fourth-order valence-electron chi connectivity index (χ4n) is 2.77. The van der Waals surface area contributed by atoms with E-state index < -0.39 is 0 Å². The van der Waals surface area contributed by atoms with Crippen LogP contribution in [0, 0.1) is 0 Å². The number of nitrogen functional groups attached to an aromatic ring is 1. The first-order chi connectivity index (χ1) is 8.25. The summed E-state index contributed by atoms with van der Waals surface area (Å²) in [6, 6.07) is 10.6. The highest BCUT2D eigenvalue weighted by Crippen LogP contribution is 2.41. The molecule has 1 aromatic heterocycles. The Balaban J connectivity index is 1.96. The summed E-state index contributed by atoms with van der Waals surface area (Å²) in [4.78, 5) is 0. The number of nitrogens with two attached hydrogens (primary N) is 1. The van der Waals surface area contributed by atoms with Gasteiger partial charge >= 0.3 is 0 Å². The van der Waals surface area contributed by atoms with Gasteiger partial charge in [-0.1, -0.05) is 42.4 Å². The third kappa shape index (κ3) is 1.71. The molecule has 0 fully saturated rings. The van der Waals surface area contributed by atoms with Crippen LogP contribution < -0.4 is 5.73 Å². The van der Waals surface area contributed by atoms with Crippen LogP contribution in [0.1, 0.15) is 42.0 Å². The molecule has 0 bridgehead atoms. The predicted molar refractivity (Wildman–Crippen MR) is 66.8 cm³/mol. The van der Waals surface area contributed by atoms with Crippen LogP contribution in [0.25, 0.3) is 0 Å². The lowest BCUT2D eigenvalue weighted by atomic mass is 9.78. The molecule has 2 aromatic rings. The first-order valence-corrected chi connectivity index (χ1v) is 6.04. The van der Waals surface area contributed by atoms with Crippen molar-refractivity contribution in [1.29, 1.82) is 0 Å². The number of aromatic nitrogens is 1. The molecule has 1 heterocycles. The van der Waals surface area contributed by atoms with Crippen LogP contribution in [0.3, 0.4) is 0 Å². The Morgan fingerprint density at radius 3 is 2.82 bits per heavy atom. The van der Waals surface area contributed by atoms with Crippen LogP contribution in [0.5, 0.6) is 0 Å². The average molecular weight is 228 g/mol. The summed E-state index contributed by atoms with van der Waals surface area (Å²) in [6.45, 7) is 2.19. The van der Waals surface area contributed by atoms with Gasteiger partial charge in [0.2, 0.25) is 5.88 Å². The van der Waals surface area contributed by atoms with Crippen LogP contribution in [-0.2, 0) is 6.42 Å². The van der Waals surface area contributed by atoms with Gasteiger partial charge in [-0.25, -0.2) is 0 Å². The average Bonchev–Trinajstić information content (AvgIpc) is 2.73. The highest BCUT2D eigenvalue weighted by molar-refractivity contribution is 5.44. The van der Waals surface area contributed by atoms with E-state index in [1.54, 1.807) is 0 Å². The van der Waals surface area contributed by atoms with Crippen molar-refractivity contribution < 1.29 is 4.52 Å². The third-order valence-corrected chi connectivity index (χ3v) is 3.68. The number of benzene rings is 1. The Hall–Kier alpha value is -1.77. The maximum absolute atomic E-state index is 5.83. The van der Waals surface area contributed by atoms with Gasteiger partial charge in [0.25, 0.3) is 0 Å². The van der Waals surface area contributed by atoms with E-state index in [1.165, 1.54) is 5.56 Å². The smallest absolute Gasteiger partial charge is 0.225 e. The van der Waals surface area contributed by atoms with Gasteiger partial charge in [0.1, 0.15) is 0 Å². The van der Waals surface area contributed by atoms with E-state index in [1.807, 2.05) is 0 Å². The molecule has 3 nitrogen and oxygen atoms in total. The molecule has 2 atom stereocenters. The SMILES string of the molecule is CC1CC(c2ccccc2)Cc2c1noc2N. The molecular formula is C14H16N2O. The lowest BCUT2D eigenvalue weighted by Gasteiger charge is -2.26. The van der Waals surface area contributed by atoms with E-state index in [-0.39, 0.29) is 0 Å². The predicted octanol–water partition coefficient (Wildman–Crippen LogP) is 3.09. The summed E-state index contributed by atoms with van der Waals surface area (Å²) in [5.74, 6) is 1.44. The number of anilines is 1. The fourth-order valence-corrected chi connectivity index (χ4v) is 2.77. The molecule has 0 saturated carbocycles. The molecule has 0 radical (unpaired) electrons. The molecule has 0 spiro atoms. The first-order valence-electron chi connectivity index (χ1n) is 6.04. The third-order valence-electron chi connectivity index (χ3n) is 3.68. The van der Waals surface area contributed by atoms with Crippen LogP contribution in [0.4, 0.5) is 5.88 Å². The lowest BCUT2D eigenvalue weighted by Crippen LogP contribution is -2.15. The van der Waals surface area contributed by atoms with Crippen LogP contribution in [0.15, 0.2) is 34.9 Å². The molecule has 0 aliphatic heterocycles. The molecule has 1 aromatic carbocycles. The van der Waals surface area contributed by atoms with Crippen molar-refractivity contribution in [3.05, 3.63) is 47.2 Å². The molecule has 88 valence electrons. The number of hydrogen-bond donors (Lipinski definition) is 1. The second-order valence-electron chi connectivity index (χ2n) is 4.86. The molecule has 17 heavy (non-hydrogen) atoms. The lowest BCUT2D eigenvalue weighted by molar-refractivity contribution is 0.415. The summed E-state index contributed by atoms with van der Waals surface area (Å²) >= 11 is 0. The second-order valence-corrected chi connectivity index (χ2v) is 4.86. The summed E-state index contributed by atoms with van der Waals surface area (Å²) < 4.78 is 5.10. The monoisotopic (exact) mass is 228 g/mol. The van der Waals surface area contributed by atoms with Gasteiger partial charge in [0.05, 0.1) is 5.69 Å². The minimum Gasteiger partial charge on any atom is -0.367 e. The Morgan fingerprint density at radius 2 is 2.06 bits per heavy atom. The van der Waals surface area contributed by atoms with Gasteiger partial charge in [-0.2, -0.15) is 0 Å². The van der Waals surface area contributed by atoms with Gasteiger partial charge in [0.15, 0.2) is 0 Å². The number of nitrogens with zero attached hydrogens (tertiary/aromatic N) is 1. The summed E-state index contributed by atoms with van der Waals surface area (Å²) in [5, 5.41) is 4.07. The van der Waals surface area contributed by atoms with E-state index in [0.29, 0.717) is 17.7 Å². The standard InChI is InChI=1S/C14H16N2O/c1-9-7-11(10-5-3-2-4-6-10)8-12-13(9)16-17-14(12)15/h2-6,9,11H,7-8,15H2,1H3. The first kappa shape index (κ1) is 10.4. The van der Waals surface area contributed by atoms with Crippen LogP contribution in [-0.4, -0.2) is 5.16 Å². The Bertz CT molecular complexity index is 518. The zero-order valence-electron chi connectivity index (χ0n) is 9.89. The minimum absolute atomic E-state index is 0.421.